The highest BCUT2D eigenvalue weighted by atomic mass is 35.5. The molecule has 0 unspecified atom stereocenters. The number of piperazine rings is 2. The van der Waals surface area contributed by atoms with Gasteiger partial charge in [-0.2, -0.15) is 13.2 Å². The molecule has 12 aromatic rings. The molecule has 3 aliphatic rings. The van der Waals surface area contributed by atoms with E-state index in [1.807, 2.05) is 84.0 Å². The van der Waals surface area contributed by atoms with Crippen molar-refractivity contribution in [2.75, 3.05) is 96.9 Å². The van der Waals surface area contributed by atoms with Crippen molar-refractivity contribution in [3.8, 4) is 45.0 Å². The van der Waals surface area contributed by atoms with Crippen LogP contribution in [-0.4, -0.2) is 159 Å². The molecule has 7 amide bonds. The Balaban J connectivity index is 0.000000150. The number of hydrogen-bond donors (Lipinski definition) is 7. The van der Waals surface area contributed by atoms with Crippen molar-refractivity contribution in [2.45, 2.75) is 25.9 Å². The molecule has 0 spiro atoms. The van der Waals surface area contributed by atoms with Crippen LogP contribution in [0.3, 0.4) is 0 Å². The largest absolute Gasteiger partial charge is 0.405 e. The zero-order chi connectivity index (χ0) is 86.9. The second kappa shape index (κ2) is 43.0. The van der Waals surface area contributed by atoms with Gasteiger partial charge in [-0.05, 0) is 194 Å². The van der Waals surface area contributed by atoms with Crippen LogP contribution in [0.4, 0.5) is 47.6 Å². The number of alkyl halides is 3. The van der Waals surface area contributed by atoms with E-state index in [4.69, 9.17) is 69.6 Å². The van der Waals surface area contributed by atoms with Gasteiger partial charge in [-0.3, -0.25) is 58.5 Å². The number of aliphatic imine (C=N–C) groups is 1. The lowest BCUT2D eigenvalue weighted by Gasteiger charge is -2.34. The first-order chi connectivity index (χ1) is 59.4. The Bertz CT molecular complexity index is 5850. The lowest BCUT2D eigenvalue weighted by atomic mass is 10.1. The fourth-order valence-corrected chi connectivity index (χ4v) is 14.0. The average molecular weight is 1780 g/mol. The molecule has 6 aromatic heterocycles. The number of halogens is 9. The predicted molar refractivity (Wildman–Crippen MR) is 478 cm³/mol. The predicted octanol–water partition coefficient (Wildman–Crippen LogP) is 18.9. The minimum absolute atomic E-state index is 0.0448. The van der Waals surface area contributed by atoms with Crippen molar-refractivity contribution in [3.05, 3.63) is 319 Å². The van der Waals surface area contributed by atoms with Crippen molar-refractivity contribution in [1.82, 2.24) is 50.3 Å². The van der Waals surface area contributed by atoms with Crippen LogP contribution in [0.2, 0.25) is 30.1 Å². The van der Waals surface area contributed by atoms with Crippen LogP contribution >= 0.6 is 69.6 Å². The van der Waals surface area contributed by atoms with Gasteiger partial charge in [-0.25, -0.2) is 9.97 Å². The fourth-order valence-electron chi connectivity index (χ4n) is 12.6. The summed E-state index contributed by atoms with van der Waals surface area (Å²) in [6.45, 7) is 6.50. The Hall–Kier alpha value is -13.0. The number of carbonyl (C=O) groups is 7. The number of carbonyl (C=O) groups excluding carboxylic acids is 7. The molecule has 33 heteroatoms. The van der Waals surface area contributed by atoms with Crippen molar-refractivity contribution in [1.29, 1.82) is 0 Å². The van der Waals surface area contributed by atoms with Crippen molar-refractivity contribution in [2.24, 2.45) is 4.99 Å². The van der Waals surface area contributed by atoms with Crippen LogP contribution in [0.1, 0.15) is 81.9 Å². The molecule has 15 rings (SSSR count). The second-order valence-corrected chi connectivity index (χ2v) is 30.0. The van der Waals surface area contributed by atoms with Crippen molar-refractivity contribution in [3.63, 3.8) is 0 Å². The number of nitrogens with one attached hydrogen (secondary N) is 7. The maximum Gasteiger partial charge on any atom is 0.405 e. The number of pyridine rings is 6. The van der Waals surface area contributed by atoms with E-state index >= 15 is 0 Å². The molecule has 9 heterocycles. The number of aromatic nitrogens is 6. The summed E-state index contributed by atoms with van der Waals surface area (Å²) in [5.41, 5.74) is 10.8. The van der Waals surface area contributed by atoms with Crippen LogP contribution in [0.5, 0.6) is 0 Å². The van der Waals surface area contributed by atoms with Gasteiger partial charge in [-0.1, -0.05) is 93.9 Å². The Kier molecular flexibility index (Phi) is 31.2. The van der Waals surface area contributed by atoms with E-state index in [0.29, 0.717) is 108 Å². The lowest BCUT2D eigenvalue weighted by molar-refractivity contribution is -0.129. The third-order valence-corrected chi connectivity index (χ3v) is 20.9. The Morgan fingerprint density at radius 2 is 0.846 bits per heavy atom. The van der Waals surface area contributed by atoms with Gasteiger partial charge in [-0.15, -0.1) is 0 Å². The number of hydrogen-bond acceptors (Lipinski definition) is 17. The minimum Gasteiger partial charge on any atom is -0.370 e. The number of benzene rings is 6. The van der Waals surface area contributed by atoms with Crippen LogP contribution in [0.25, 0.3) is 45.0 Å². The minimum atomic E-state index is -4.54. The quantitative estimate of drug-likeness (QED) is 0.0373. The summed E-state index contributed by atoms with van der Waals surface area (Å²) in [7, 11) is 0. The highest BCUT2D eigenvalue weighted by Gasteiger charge is 2.29. The van der Waals surface area contributed by atoms with E-state index in [9.17, 15) is 46.7 Å². The molecular weight excluding hydrogens is 1700 g/mol. The summed E-state index contributed by atoms with van der Waals surface area (Å²) >= 11 is 37.6. The van der Waals surface area contributed by atoms with Gasteiger partial charge in [0.25, 0.3) is 35.4 Å². The van der Waals surface area contributed by atoms with Crippen LogP contribution in [0.15, 0.2) is 260 Å². The number of amides is 7. The number of nitrogens with zero attached hydrogens (tertiary/aromatic N) is 10. The molecule has 0 atom stereocenters. The maximum absolute atomic E-state index is 12.8. The second-order valence-electron chi connectivity index (χ2n) is 27.5. The molecular formula is C90H76Cl6F3N17O7. The van der Waals surface area contributed by atoms with E-state index in [-0.39, 0.29) is 56.3 Å². The van der Waals surface area contributed by atoms with Crippen molar-refractivity contribution < 1.29 is 46.7 Å². The maximum atomic E-state index is 12.8. The molecule has 2 saturated heterocycles. The van der Waals surface area contributed by atoms with Crippen molar-refractivity contribution >= 4 is 152 Å². The molecule has 123 heavy (non-hydrogen) atoms. The molecule has 6 aromatic carbocycles. The summed E-state index contributed by atoms with van der Waals surface area (Å²) in [6.07, 6.45) is 10.9. The topological polar surface area (TPSA) is 303 Å². The molecule has 626 valence electrons. The van der Waals surface area contributed by atoms with Gasteiger partial charge in [0.15, 0.2) is 0 Å². The highest BCUT2D eigenvalue weighted by molar-refractivity contribution is 6.37. The van der Waals surface area contributed by atoms with Gasteiger partial charge in [0.05, 0.1) is 75.2 Å². The van der Waals surface area contributed by atoms with Gasteiger partial charge < -0.3 is 51.9 Å². The Morgan fingerprint density at radius 1 is 0.423 bits per heavy atom. The van der Waals surface area contributed by atoms with E-state index < -0.39 is 24.5 Å². The first-order valence-electron chi connectivity index (χ1n) is 38.3. The molecule has 0 bridgehead atoms. The van der Waals surface area contributed by atoms with Gasteiger partial charge in [0, 0.05) is 178 Å². The summed E-state index contributed by atoms with van der Waals surface area (Å²) in [5, 5.41) is 21.7. The van der Waals surface area contributed by atoms with Gasteiger partial charge in [0.1, 0.15) is 18.2 Å². The fraction of sp³-hybridized carbons (Fsp3) is 0.156. The SMILES string of the molecule is CC(=O)N1CCN(c2ccc(C(=O)Nc3ccc(Cl)c(-c4ccccn4)c3)cn2)CC1.O=C(NCC(F)(F)F)c1ccc(C(=O)Nc2ccc(Cl)c(-c3ccccn3)c2)c(Cl)c1.O=C(Nc1ccc(Cl)c(-c2ccccn2)c1)c1ccc(C(=O)N2CCNCC2)cc1Cl.O=C(Nc1ccc(Cl)c(-c2ccccn2)c1)c1ccc(NCCC2=CN=CC2)nc1. The third-order valence-electron chi connectivity index (χ3n) is 19.0. The van der Waals surface area contributed by atoms with Gasteiger partial charge >= 0.3 is 6.18 Å². The molecule has 2 fully saturated rings. The average Bonchev–Trinajstić information content (AvgIpc) is 0.858. The van der Waals surface area contributed by atoms with Crippen LogP contribution in [0, 0.1) is 0 Å². The monoisotopic (exact) mass is 1770 g/mol. The van der Waals surface area contributed by atoms with Gasteiger partial charge in [0.2, 0.25) is 5.91 Å². The summed E-state index contributed by atoms with van der Waals surface area (Å²) in [5.74, 6) is -0.864. The standard InChI is InChI=1S/C23H20Cl2N4O2.C23H22ClN5O2.C23H20ClN5O.C21H14Cl2F3N3O2/c24-19-7-5-16(14-18(19)21-3-1-2-8-27-21)28-22(30)17-6-4-15(13-20(17)25)23(31)29-11-9-26-10-12-29;1-16(30)28-10-12-29(13-11-28)22-8-5-17(15-26-22)23(31)27-18-6-7-20(24)19(14-18)21-4-2-3-9-25-21;24-20-6-5-18(13-19(20)21-3-1-2-10-26-21)29-23(30)17-4-7-22(28-15-17)27-12-9-16-8-11-25-14-16;22-16-7-5-13(10-15(16)18-3-1-2-8-27-18)29-20(31)14-6-4-12(9-17(14)23)19(30)28-11-21(24,25)26/h1-8,13-14,26H,9-12H2,(H,28,30);2-9,14-15H,10-13H2,1H3,(H,27,31);1-7,10-11,13-15H,8-9,12H2,(H,27,28)(H,29,30);1-10H,11H2,(H,28,30)(H,29,31). The van der Waals surface area contributed by atoms with E-state index in [1.54, 1.807) is 176 Å². The number of anilines is 6. The van der Waals surface area contributed by atoms with Crippen LogP contribution < -0.4 is 42.1 Å². The molecule has 24 nitrogen and oxygen atoms in total. The summed E-state index contributed by atoms with van der Waals surface area (Å²) in [6, 6.07) is 58.2. The molecule has 0 aliphatic carbocycles. The molecule has 3 aliphatic heterocycles. The van der Waals surface area contributed by atoms with E-state index in [0.717, 1.165) is 85.8 Å². The molecule has 0 radical (unpaired) electrons. The normalized spacial score (nSPS) is 12.8. The summed E-state index contributed by atoms with van der Waals surface area (Å²) < 4.78 is 36.7. The first kappa shape index (κ1) is 89.3. The molecule has 0 saturated carbocycles. The Morgan fingerprint density at radius 3 is 1.23 bits per heavy atom. The smallest absolute Gasteiger partial charge is 0.370 e. The van der Waals surface area contributed by atoms with E-state index in [2.05, 4.69) is 71.7 Å². The zero-order valence-electron chi connectivity index (χ0n) is 65.5. The summed E-state index contributed by atoms with van der Waals surface area (Å²) in [4.78, 5) is 122. The zero-order valence-corrected chi connectivity index (χ0v) is 70.0. The lowest BCUT2D eigenvalue weighted by Crippen LogP contribution is -2.48. The van der Waals surface area contributed by atoms with Crippen LogP contribution in [-0.2, 0) is 4.79 Å². The first-order valence-corrected chi connectivity index (χ1v) is 40.5. The third kappa shape index (κ3) is 25.3. The van der Waals surface area contributed by atoms with E-state index in [1.165, 1.54) is 17.7 Å². The highest BCUT2D eigenvalue weighted by Crippen LogP contribution is 2.35. The Labute approximate surface area is 735 Å². The molecule has 7 N–H and O–H groups in total. The number of rotatable bonds is 20.